The molecular formula is C12H10Cl2N2O4S. The second-order valence-corrected chi connectivity index (χ2v) is 5.97. The van der Waals surface area contributed by atoms with Crippen molar-refractivity contribution in [3.05, 3.63) is 27.7 Å². The molecule has 0 aromatic heterocycles. The first-order valence-corrected chi connectivity index (χ1v) is 7.68. The van der Waals surface area contributed by atoms with Crippen molar-refractivity contribution in [2.45, 2.75) is 0 Å². The number of halogens is 2. The molecule has 1 fully saturated rings. The van der Waals surface area contributed by atoms with Crippen molar-refractivity contribution in [2.75, 3.05) is 23.5 Å². The van der Waals surface area contributed by atoms with Crippen LogP contribution in [0.25, 0.3) is 0 Å². The van der Waals surface area contributed by atoms with Gasteiger partial charge in [0, 0.05) is 0 Å². The molecule has 21 heavy (non-hydrogen) atoms. The van der Waals surface area contributed by atoms with E-state index in [1.54, 1.807) is 0 Å². The zero-order valence-corrected chi connectivity index (χ0v) is 12.9. The lowest BCUT2D eigenvalue weighted by Crippen LogP contribution is -2.34. The molecule has 9 heteroatoms. The SMILES string of the molecule is O=C(CN1CSCC1=O)Nc1c(Cl)ccc(Cl)c1C(=O)O. The third-order valence-corrected chi connectivity index (χ3v) is 4.32. The molecule has 2 rings (SSSR count). The average molecular weight is 349 g/mol. The maximum atomic E-state index is 11.9. The van der Waals surface area contributed by atoms with Crippen molar-refractivity contribution < 1.29 is 19.5 Å². The number of carbonyl (C=O) groups is 3. The smallest absolute Gasteiger partial charge is 0.339 e. The first-order valence-electron chi connectivity index (χ1n) is 5.77. The zero-order chi connectivity index (χ0) is 15.6. The van der Waals surface area contributed by atoms with Gasteiger partial charge in [0.25, 0.3) is 0 Å². The van der Waals surface area contributed by atoms with Gasteiger partial charge in [-0.2, -0.15) is 0 Å². The predicted octanol–water partition coefficient (Wildman–Crippen LogP) is 2.16. The van der Waals surface area contributed by atoms with Gasteiger partial charge in [0.2, 0.25) is 11.8 Å². The van der Waals surface area contributed by atoms with Crippen molar-refractivity contribution in [2.24, 2.45) is 0 Å². The molecular weight excluding hydrogens is 339 g/mol. The van der Waals surface area contributed by atoms with Gasteiger partial charge in [-0.05, 0) is 12.1 Å². The first kappa shape index (κ1) is 15.9. The quantitative estimate of drug-likeness (QED) is 0.870. The molecule has 0 aliphatic carbocycles. The summed E-state index contributed by atoms with van der Waals surface area (Å²) in [6, 6.07) is 2.73. The monoisotopic (exact) mass is 348 g/mol. The van der Waals surface area contributed by atoms with Crippen molar-refractivity contribution >= 4 is 58.4 Å². The Hall–Kier alpha value is -1.44. The first-order chi connectivity index (χ1) is 9.90. The van der Waals surface area contributed by atoms with E-state index in [2.05, 4.69) is 5.32 Å². The third kappa shape index (κ3) is 3.61. The maximum Gasteiger partial charge on any atom is 0.339 e. The highest BCUT2D eigenvalue weighted by atomic mass is 35.5. The second-order valence-electron chi connectivity index (χ2n) is 4.20. The van der Waals surface area contributed by atoms with E-state index in [0.717, 1.165) is 0 Å². The fourth-order valence-electron chi connectivity index (χ4n) is 1.78. The van der Waals surface area contributed by atoms with Gasteiger partial charge in [0.1, 0.15) is 12.1 Å². The van der Waals surface area contributed by atoms with Crippen LogP contribution in [0, 0.1) is 0 Å². The third-order valence-electron chi connectivity index (χ3n) is 2.74. The number of benzene rings is 1. The fourth-order valence-corrected chi connectivity index (χ4v) is 3.12. The van der Waals surface area contributed by atoms with Crippen LogP contribution in [0.1, 0.15) is 10.4 Å². The van der Waals surface area contributed by atoms with E-state index in [1.807, 2.05) is 0 Å². The number of carboxylic acids is 1. The number of rotatable bonds is 4. The summed E-state index contributed by atoms with van der Waals surface area (Å²) in [4.78, 5) is 36.0. The summed E-state index contributed by atoms with van der Waals surface area (Å²) >= 11 is 13.1. The Morgan fingerprint density at radius 2 is 2.00 bits per heavy atom. The number of carbonyl (C=O) groups excluding carboxylic acids is 2. The Balaban J connectivity index is 2.19. The minimum Gasteiger partial charge on any atom is -0.478 e. The molecule has 6 nitrogen and oxygen atoms in total. The van der Waals surface area contributed by atoms with Crippen molar-refractivity contribution in [3.8, 4) is 0 Å². The highest BCUT2D eigenvalue weighted by Gasteiger charge is 2.25. The van der Waals surface area contributed by atoms with E-state index >= 15 is 0 Å². The van der Waals surface area contributed by atoms with Crippen molar-refractivity contribution in [1.82, 2.24) is 4.90 Å². The lowest BCUT2D eigenvalue weighted by molar-refractivity contribution is -0.130. The molecule has 1 heterocycles. The molecule has 2 amide bonds. The minimum atomic E-state index is -1.30. The van der Waals surface area contributed by atoms with Gasteiger partial charge in [-0.1, -0.05) is 23.2 Å². The highest BCUT2D eigenvalue weighted by molar-refractivity contribution is 8.00. The molecule has 0 radical (unpaired) electrons. The van der Waals surface area contributed by atoms with E-state index in [4.69, 9.17) is 28.3 Å². The van der Waals surface area contributed by atoms with E-state index in [1.165, 1.54) is 28.8 Å². The molecule has 1 saturated heterocycles. The van der Waals surface area contributed by atoms with Gasteiger partial charge < -0.3 is 15.3 Å². The number of amides is 2. The van der Waals surface area contributed by atoms with Gasteiger partial charge in [0.05, 0.1) is 27.4 Å². The molecule has 0 spiro atoms. The van der Waals surface area contributed by atoms with Crippen LogP contribution in [0.3, 0.4) is 0 Å². The van der Waals surface area contributed by atoms with Crippen LogP contribution >= 0.6 is 35.0 Å². The fraction of sp³-hybridized carbons (Fsp3) is 0.250. The van der Waals surface area contributed by atoms with Gasteiger partial charge >= 0.3 is 5.97 Å². The molecule has 0 bridgehead atoms. The minimum absolute atomic E-state index is 0.0324. The lowest BCUT2D eigenvalue weighted by Gasteiger charge is -2.16. The Morgan fingerprint density at radius 1 is 1.33 bits per heavy atom. The molecule has 0 unspecified atom stereocenters. The summed E-state index contributed by atoms with van der Waals surface area (Å²) in [5.74, 6) is -1.19. The summed E-state index contributed by atoms with van der Waals surface area (Å²) < 4.78 is 0. The van der Waals surface area contributed by atoms with Crippen LogP contribution in [0.4, 0.5) is 5.69 Å². The van der Waals surface area contributed by atoms with E-state index in [-0.39, 0.29) is 33.7 Å². The van der Waals surface area contributed by atoms with Gasteiger partial charge in [-0.15, -0.1) is 11.8 Å². The van der Waals surface area contributed by atoms with Gasteiger partial charge in [-0.25, -0.2) is 4.79 Å². The molecule has 0 saturated carbocycles. The lowest BCUT2D eigenvalue weighted by atomic mass is 10.1. The number of carboxylic acid groups (broad SMARTS) is 1. The maximum absolute atomic E-state index is 11.9. The molecule has 112 valence electrons. The number of nitrogens with one attached hydrogen (secondary N) is 1. The zero-order valence-electron chi connectivity index (χ0n) is 10.6. The van der Waals surface area contributed by atoms with Crippen molar-refractivity contribution in [3.63, 3.8) is 0 Å². The molecule has 1 aliphatic rings. The normalized spacial score (nSPS) is 14.4. The van der Waals surface area contributed by atoms with Crippen molar-refractivity contribution in [1.29, 1.82) is 0 Å². The summed E-state index contributed by atoms with van der Waals surface area (Å²) in [6.07, 6.45) is 0. The van der Waals surface area contributed by atoms with Crippen LogP contribution in [0.5, 0.6) is 0 Å². The van der Waals surface area contributed by atoms with Gasteiger partial charge in [-0.3, -0.25) is 9.59 Å². The predicted molar refractivity (Wildman–Crippen MR) is 81.1 cm³/mol. The molecule has 0 atom stereocenters. The number of nitrogens with zero attached hydrogens (tertiary/aromatic N) is 1. The van der Waals surface area contributed by atoms with E-state index in [0.29, 0.717) is 11.6 Å². The topological polar surface area (TPSA) is 86.7 Å². The molecule has 1 aliphatic heterocycles. The van der Waals surface area contributed by atoms with Crippen LogP contribution in [0.2, 0.25) is 10.0 Å². The van der Waals surface area contributed by atoms with Crippen LogP contribution in [-0.4, -0.2) is 46.0 Å². The summed E-state index contributed by atoms with van der Waals surface area (Å²) in [6.45, 7) is -0.159. The van der Waals surface area contributed by atoms with Crippen LogP contribution in [-0.2, 0) is 9.59 Å². The standard InChI is InChI=1S/C12H10Cl2N2O4S/c13-6-1-2-7(14)11(10(6)12(19)20)15-8(17)3-16-5-21-4-9(16)18/h1-2H,3-5H2,(H,15,17)(H,19,20). The average Bonchev–Trinajstić information content (AvgIpc) is 2.79. The van der Waals surface area contributed by atoms with Gasteiger partial charge in [0.15, 0.2) is 0 Å². The number of thioether (sulfide) groups is 1. The number of hydrogen-bond donors (Lipinski definition) is 2. The molecule has 1 aromatic carbocycles. The van der Waals surface area contributed by atoms with Crippen LogP contribution in [0.15, 0.2) is 12.1 Å². The highest BCUT2D eigenvalue weighted by Crippen LogP contribution is 2.32. The van der Waals surface area contributed by atoms with E-state index in [9.17, 15) is 14.4 Å². The number of anilines is 1. The summed E-state index contributed by atoms with van der Waals surface area (Å²) in [5.41, 5.74) is -0.347. The summed E-state index contributed by atoms with van der Waals surface area (Å²) in [5, 5.41) is 11.6. The molecule has 1 aromatic rings. The Kier molecular flexibility index (Phi) is 4.97. The second kappa shape index (κ2) is 6.55. The van der Waals surface area contributed by atoms with Crippen LogP contribution < -0.4 is 5.32 Å². The number of hydrogen-bond acceptors (Lipinski definition) is 4. The summed E-state index contributed by atoms with van der Waals surface area (Å²) in [7, 11) is 0. The van der Waals surface area contributed by atoms with E-state index < -0.39 is 11.9 Å². The molecule has 2 N–H and O–H groups in total. The Labute approximate surface area is 134 Å². The largest absolute Gasteiger partial charge is 0.478 e. The Bertz CT molecular complexity index is 624. The Morgan fingerprint density at radius 3 is 2.57 bits per heavy atom. The number of aromatic carboxylic acids is 1.